The number of carbonyl (C=O) groups is 1. The van der Waals surface area contributed by atoms with Crippen LogP contribution < -0.4 is 15.9 Å². The molecule has 38 heavy (non-hydrogen) atoms. The fourth-order valence-electron chi connectivity index (χ4n) is 6.10. The van der Waals surface area contributed by atoms with E-state index in [2.05, 4.69) is 57.4 Å². The third kappa shape index (κ3) is 5.28. The Morgan fingerprint density at radius 1 is 1.05 bits per heavy atom. The Morgan fingerprint density at radius 3 is 2.45 bits per heavy atom. The zero-order chi connectivity index (χ0) is 26.8. The smallest absolute Gasteiger partial charge is 0.256 e. The van der Waals surface area contributed by atoms with E-state index in [0.29, 0.717) is 11.5 Å². The highest BCUT2D eigenvalue weighted by Gasteiger charge is 2.27. The molecule has 0 saturated carbocycles. The van der Waals surface area contributed by atoms with Gasteiger partial charge in [-0.2, -0.15) is 0 Å². The highest BCUT2D eigenvalue weighted by atomic mass is 19.1. The second kappa shape index (κ2) is 11.2. The second-order valence-electron chi connectivity index (χ2n) is 11.1. The molecule has 0 atom stereocenters. The molecule has 0 radical (unpaired) electrons. The predicted molar refractivity (Wildman–Crippen MR) is 152 cm³/mol. The van der Waals surface area contributed by atoms with Gasteiger partial charge in [0, 0.05) is 42.8 Å². The van der Waals surface area contributed by atoms with Crippen LogP contribution in [0.5, 0.6) is 0 Å². The SMILES string of the molecule is CC(C)N(C(=O)c1cc(F)ccc1-n1cc(C2CCN(Cc3ccccc3)CC2)c2c1=CNCC=2)C(C)C. The van der Waals surface area contributed by atoms with Crippen LogP contribution in [0.25, 0.3) is 18.0 Å². The summed E-state index contributed by atoms with van der Waals surface area (Å²) in [4.78, 5) is 18.1. The van der Waals surface area contributed by atoms with Crippen molar-refractivity contribution in [3.8, 4) is 5.69 Å². The summed E-state index contributed by atoms with van der Waals surface area (Å²) in [5, 5.41) is 5.60. The minimum Gasteiger partial charge on any atom is -0.386 e. The van der Waals surface area contributed by atoms with Crippen LogP contribution >= 0.6 is 0 Å². The molecule has 6 heteroatoms. The van der Waals surface area contributed by atoms with Crippen molar-refractivity contribution < 1.29 is 9.18 Å². The maximum Gasteiger partial charge on any atom is 0.256 e. The molecule has 5 rings (SSSR count). The zero-order valence-electron chi connectivity index (χ0n) is 23.0. The molecule has 0 unspecified atom stereocenters. The quantitative estimate of drug-likeness (QED) is 0.509. The molecule has 200 valence electrons. The van der Waals surface area contributed by atoms with Crippen molar-refractivity contribution in [1.82, 2.24) is 19.7 Å². The molecule has 1 fully saturated rings. The maximum absolute atomic E-state index is 14.5. The summed E-state index contributed by atoms with van der Waals surface area (Å²) >= 11 is 0. The molecule has 0 aliphatic carbocycles. The van der Waals surface area contributed by atoms with Gasteiger partial charge >= 0.3 is 0 Å². The lowest BCUT2D eigenvalue weighted by molar-refractivity contribution is 0.0643. The largest absolute Gasteiger partial charge is 0.386 e. The summed E-state index contributed by atoms with van der Waals surface area (Å²) in [6.07, 6.45) is 8.66. The zero-order valence-corrected chi connectivity index (χ0v) is 23.0. The number of likely N-dealkylation sites (tertiary alicyclic amines) is 1. The van der Waals surface area contributed by atoms with Gasteiger partial charge < -0.3 is 14.8 Å². The Balaban J connectivity index is 1.48. The number of carbonyl (C=O) groups excluding carboxylic acids is 1. The molecule has 0 bridgehead atoms. The van der Waals surface area contributed by atoms with E-state index >= 15 is 0 Å². The van der Waals surface area contributed by atoms with Crippen molar-refractivity contribution in [3.63, 3.8) is 0 Å². The van der Waals surface area contributed by atoms with E-state index in [4.69, 9.17) is 0 Å². The van der Waals surface area contributed by atoms with Crippen LogP contribution in [0.2, 0.25) is 0 Å². The molecule has 2 aliphatic heterocycles. The normalized spacial score (nSPS) is 16.1. The lowest BCUT2D eigenvalue weighted by Gasteiger charge is -2.32. The summed E-state index contributed by atoms with van der Waals surface area (Å²) in [5.41, 5.74) is 3.80. The van der Waals surface area contributed by atoms with Crippen LogP contribution in [0.3, 0.4) is 0 Å². The first-order valence-corrected chi connectivity index (χ1v) is 13.9. The minimum absolute atomic E-state index is 0.00962. The predicted octanol–water partition coefficient (Wildman–Crippen LogP) is 4.38. The number of nitrogens with zero attached hydrogens (tertiary/aromatic N) is 3. The number of fused-ring (bicyclic) bond motifs is 1. The number of aromatic nitrogens is 1. The Labute approximate surface area is 225 Å². The number of piperidine rings is 1. The molecule has 2 aliphatic rings. The Hall–Kier alpha value is -3.38. The van der Waals surface area contributed by atoms with Gasteiger partial charge in [-0.25, -0.2) is 4.39 Å². The summed E-state index contributed by atoms with van der Waals surface area (Å²) in [6.45, 7) is 11.9. The number of nitrogens with one attached hydrogen (secondary N) is 1. The molecule has 2 aromatic carbocycles. The van der Waals surface area contributed by atoms with Gasteiger partial charge in [0.1, 0.15) is 5.82 Å². The number of amides is 1. The number of benzene rings is 2. The van der Waals surface area contributed by atoms with Crippen LogP contribution in [-0.2, 0) is 6.54 Å². The van der Waals surface area contributed by atoms with Crippen molar-refractivity contribution in [2.75, 3.05) is 19.6 Å². The maximum atomic E-state index is 14.5. The second-order valence-corrected chi connectivity index (χ2v) is 11.1. The van der Waals surface area contributed by atoms with E-state index in [1.807, 2.05) is 38.8 Å². The molecule has 1 aromatic heterocycles. The van der Waals surface area contributed by atoms with E-state index in [1.165, 1.54) is 28.5 Å². The van der Waals surface area contributed by atoms with Crippen molar-refractivity contribution >= 4 is 18.2 Å². The summed E-state index contributed by atoms with van der Waals surface area (Å²) in [7, 11) is 0. The van der Waals surface area contributed by atoms with Crippen molar-refractivity contribution in [3.05, 3.63) is 87.8 Å². The number of hydrogen-bond donors (Lipinski definition) is 1. The van der Waals surface area contributed by atoms with E-state index in [0.717, 1.165) is 50.1 Å². The van der Waals surface area contributed by atoms with E-state index < -0.39 is 5.82 Å². The van der Waals surface area contributed by atoms with Gasteiger partial charge in [-0.15, -0.1) is 0 Å². The molecule has 1 saturated heterocycles. The van der Waals surface area contributed by atoms with Crippen molar-refractivity contribution in [2.45, 2.75) is 65.1 Å². The fraction of sp³-hybridized carbons (Fsp3) is 0.406. The van der Waals surface area contributed by atoms with Crippen molar-refractivity contribution in [1.29, 1.82) is 0 Å². The number of rotatable bonds is 7. The van der Waals surface area contributed by atoms with E-state index in [-0.39, 0.29) is 18.0 Å². The van der Waals surface area contributed by atoms with Gasteiger partial charge in [-0.3, -0.25) is 9.69 Å². The first kappa shape index (κ1) is 26.2. The first-order valence-electron chi connectivity index (χ1n) is 13.9. The lowest BCUT2D eigenvalue weighted by atomic mass is 9.89. The summed E-state index contributed by atoms with van der Waals surface area (Å²) < 4.78 is 16.6. The monoisotopic (exact) mass is 514 g/mol. The first-order chi connectivity index (χ1) is 18.3. The van der Waals surface area contributed by atoms with E-state index in [1.54, 1.807) is 6.07 Å². The highest BCUT2D eigenvalue weighted by Crippen LogP contribution is 2.28. The molecule has 0 spiro atoms. The van der Waals surface area contributed by atoms with Gasteiger partial charge in [0.05, 0.1) is 16.6 Å². The molecule has 1 N–H and O–H groups in total. The highest BCUT2D eigenvalue weighted by molar-refractivity contribution is 5.98. The summed E-state index contributed by atoms with van der Waals surface area (Å²) in [5.74, 6) is -0.0945. The van der Waals surface area contributed by atoms with Gasteiger partial charge in [-0.1, -0.05) is 36.4 Å². The topological polar surface area (TPSA) is 40.5 Å². The fourth-order valence-corrected chi connectivity index (χ4v) is 6.10. The average Bonchev–Trinajstić information content (AvgIpc) is 3.29. The van der Waals surface area contributed by atoms with Gasteiger partial charge in [0.15, 0.2) is 0 Å². The minimum atomic E-state index is -0.398. The Kier molecular flexibility index (Phi) is 7.70. The third-order valence-electron chi connectivity index (χ3n) is 7.85. The van der Waals surface area contributed by atoms with Crippen LogP contribution in [0.15, 0.2) is 54.7 Å². The molecule has 3 aromatic rings. The van der Waals surface area contributed by atoms with Crippen LogP contribution in [0.1, 0.15) is 67.9 Å². The summed E-state index contributed by atoms with van der Waals surface area (Å²) in [6, 6.07) is 15.3. The van der Waals surface area contributed by atoms with Gasteiger partial charge in [0.25, 0.3) is 5.91 Å². The standard InChI is InChI=1S/C32H39FN4O/c1-22(2)37(23(3)4)32(38)28-18-26(33)10-11-30(28)36-21-29(27-12-15-34-19-31(27)36)25-13-16-35(17-14-25)20-24-8-6-5-7-9-24/h5-12,18-19,21-23,25,34H,13-17,20H2,1-4H3. The van der Waals surface area contributed by atoms with Crippen LogP contribution in [0, 0.1) is 5.82 Å². The number of halogens is 1. The Bertz CT molecular complexity index is 1390. The van der Waals surface area contributed by atoms with Gasteiger partial charge in [-0.05, 0) is 88.9 Å². The van der Waals surface area contributed by atoms with E-state index in [9.17, 15) is 9.18 Å². The lowest BCUT2D eigenvalue weighted by Crippen LogP contribution is -2.43. The molecule has 3 heterocycles. The number of hydrogen-bond acceptors (Lipinski definition) is 3. The van der Waals surface area contributed by atoms with Crippen LogP contribution in [0.4, 0.5) is 4.39 Å². The molecular formula is C32H39FN4O. The Morgan fingerprint density at radius 2 is 1.76 bits per heavy atom. The van der Waals surface area contributed by atoms with Crippen LogP contribution in [-0.4, -0.2) is 52.0 Å². The third-order valence-corrected chi connectivity index (χ3v) is 7.85. The molecule has 1 amide bonds. The van der Waals surface area contributed by atoms with Gasteiger partial charge in [0.2, 0.25) is 0 Å². The molecular weight excluding hydrogens is 475 g/mol. The molecule has 5 nitrogen and oxygen atoms in total. The average molecular weight is 515 g/mol. The van der Waals surface area contributed by atoms with Crippen molar-refractivity contribution in [2.24, 2.45) is 0 Å².